The van der Waals surface area contributed by atoms with Crippen LogP contribution in [0.1, 0.15) is 38.3 Å². The summed E-state index contributed by atoms with van der Waals surface area (Å²) < 4.78 is 49.8. The quantitative estimate of drug-likeness (QED) is 0.0414. The molecule has 230 valence electrons. The lowest BCUT2D eigenvalue weighted by Crippen LogP contribution is -2.28. The van der Waals surface area contributed by atoms with E-state index in [-0.39, 0.29) is 44.4 Å². The van der Waals surface area contributed by atoms with Crippen LogP contribution in [0.3, 0.4) is 0 Å². The van der Waals surface area contributed by atoms with Crippen molar-refractivity contribution in [1.82, 2.24) is 0 Å². The maximum Gasteiger partial charge on any atom is 0.325 e. The Morgan fingerprint density at radius 1 is 0.905 bits per heavy atom. The number of carbonyl (C=O) groups excluding carboxylic acids is 1. The SMILES string of the molecule is CC(C)(C)OC(=O)CNc1ccc(/C=C/c2ccc(OCCOCCOCCOS(=O)(=O)CCCN=[N+]=[N-])cc2)cc1. The molecule has 1 N–H and O–H groups in total. The topological polar surface area (TPSA) is 158 Å². The second-order valence-electron chi connectivity index (χ2n) is 9.93. The van der Waals surface area contributed by atoms with Crippen LogP contribution in [0.15, 0.2) is 53.6 Å². The van der Waals surface area contributed by atoms with Crippen LogP contribution in [0.25, 0.3) is 22.6 Å². The number of nitrogens with zero attached hydrogens (tertiary/aromatic N) is 3. The summed E-state index contributed by atoms with van der Waals surface area (Å²) in [5.74, 6) is 0.220. The fourth-order valence-electron chi connectivity index (χ4n) is 3.31. The average Bonchev–Trinajstić information content (AvgIpc) is 2.94. The molecule has 0 unspecified atom stereocenters. The van der Waals surface area contributed by atoms with E-state index in [1.54, 1.807) is 0 Å². The summed E-state index contributed by atoms with van der Waals surface area (Å²) in [6, 6.07) is 15.4. The third-order valence-corrected chi connectivity index (χ3v) is 6.51. The van der Waals surface area contributed by atoms with Gasteiger partial charge >= 0.3 is 5.97 Å². The zero-order chi connectivity index (χ0) is 30.7. The molecule has 0 aliphatic heterocycles. The Hall–Kier alpha value is -3.61. The second kappa shape index (κ2) is 18.7. The van der Waals surface area contributed by atoms with Crippen molar-refractivity contribution < 1.29 is 36.3 Å². The van der Waals surface area contributed by atoms with Gasteiger partial charge in [0.25, 0.3) is 10.1 Å². The van der Waals surface area contributed by atoms with E-state index in [0.29, 0.717) is 26.4 Å². The van der Waals surface area contributed by atoms with Crippen LogP contribution in [0.5, 0.6) is 5.75 Å². The fraction of sp³-hybridized carbons (Fsp3) is 0.483. The van der Waals surface area contributed by atoms with Crippen LogP contribution in [-0.4, -0.2) is 78.5 Å². The third-order valence-electron chi connectivity index (χ3n) is 5.19. The Balaban J connectivity index is 1.56. The number of rotatable bonds is 20. The molecule has 2 rings (SSSR count). The van der Waals surface area contributed by atoms with Gasteiger partial charge in [0, 0.05) is 17.1 Å². The Bertz CT molecular complexity index is 1250. The van der Waals surface area contributed by atoms with Crippen LogP contribution < -0.4 is 10.1 Å². The predicted octanol–water partition coefficient (Wildman–Crippen LogP) is 5.07. The monoisotopic (exact) mass is 604 g/mol. The molecule has 0 saturated carbocycles. The fourth-order valence-corrected chi connectivity index (χ4v) is 4.23. The van der Waals surface area contributed by atoms with E-state index in [1.807, 2.05) is 81.5 Å². The first-order valence-electron chi connectivity index (χ1n) is 13.6. The van der Waals surface area contributed by atoms with Crippen molar-refractivity contribution in [3.8, 4) is 5.75 Å². The van der Waals surface area contributed by atoms with Crippen molar-refractivity contribution in [2.75, 3.05) is 63.8 Å². The first kappa shape index (κ1) is 34.6. The lowest BCUT2D eigenvalue weighted by Gasteiger charge is -2.19. The minimum Gasteiger partial charge on any atom is -0.491 e. The zero-order valence-electron chi connectivity index (χ0n) is 24.4. The first-order valence-corrected chi connectivity index (χ1v) is 15.1. The summed E-state index contributed by atoms with van der Waals surface area (Å²) in [6.45, 7) is 7.16. The lowest BCUT2D eigenvalue weighted by atomic mass is 10.1. The Kier molecular flexibility index (Phi) is 15.4. The first-order chi connectivity index (χ1) is 20.1. The minimum absolute atomic E-state index is 0.0840. The molecule has 2 aromatic carbocycles. The smallest absolute Gasteiger partial charge is 0.325 e. The third kappa shape index (κ3) is 16.6. The van der Waals surface area contributed by atoms with Crippen LogP contribution in [0.2, 0.25) is 0 Å². The molecular weight excluding hydrogens is 564 g/mol. The van der Waals surface area contributed by atoms with E-state index in [9.17, 15) is 13.2 Å². The van der Waals surface area contributed by atoms with E-state index in [2.05, 4.69) is 15.3 Å². The molecule has 0 bridgehead atoms. The molecule has 0 fully saturated rings. The van der Waals surface area contributed by atoms with Gasteiger partial charge in [-0.15, -0.1) is 0 Å². The van der Waals surface area contributed by atoms with Gasteiger partial charge in [-0.05, 0) is 68.1 Å². The molecule has 2 aromatic rings. The van der Waals surface area contributed by atoms with E-state index in [4.69, 9.17) is 28.7 Å². The number of carbonyl (C=O) groups is 1. The number of azide groups is 1. The standard InChI is InChI=1S/C29H40N4O8S/c1-29(2,3)41-28(34)23-31-26-11-7-24(8-12-26)5-6-25-9-13-27(14-10-25)39-20-18-37-16-17-38-19-21-40-42(35,36)22-4-15-32-33-30/h5-14,31H,4,15-23H2,1-3H3/b6-5+. The number of ether oxygens (including phenoxy) is 4. The second-order valence-corrected chi connectivity index (χ2v) is 11.7. The van der Waals surface area contributed by atoms with Crippen molar-refractivity contribution in [3.05, 3.63) is 70.1 Å². The summed E-state index contributed by atoms with van der Waals surface area (Å²) in [5.41, 5.74) is 10.6. The largest absolute Gasteiger partial charge is 0.491 e. The molecule has 13 heteroatoms. The van der Waals surface area contributed by atoms with Gasteiger partial charge in [-0.3, -0.25) is 8.98 Å². The number of esters is 1. The Morgan fingerprint density at radius 3 is 2.07 bits per heavy atom. The molecule has 12 nitrogen and oxygen atoms in total. The van der Waals surface area contributed by atoms with Gasteiger partial charge in [0.05, 0.1) is 38.8 Å². The summed E-state index contributed by atoms with van der Waals surface area (Å²) in [7, 11) is -3.65. The summed E-state index contributed by atoms with van der Waals surface area (Å²) in [6.07, 6.45) is 4.21. The van der Waals surface area contributed by atoms with E-state index < -0.39 is 15.7 Å². The van der Waals surface area contributed by atoms with Crippen molar-refractivity contribution in [1.29, 1.82) is 0 Å². The van der Waals surface area contributed by atoms with Crippen molar-refractivity contribution in [3.63, 3.8) is 0 Å². The van der Waals surface area contributed by atoms with Gasteiger partial charge in [0.1, 0.15) is 24.5 Å². The van der Waals surface area contributed by atoms with Crippen LogP contribution in [0, 0.1) is 0 Å². The maximum absolute atomic E-state index is 11.8. The van der Waals surface area contributed by atoms with E-state index in [0.717, 1.165) is 22.6 Å². The number of hydrogen-bond acceptors (Lipinski definition) is 10. The van der Waals surface area contributed by atoms with Crippen LogP contribution in [0.4, 0.5) is 5.69 Å². The number of nitrogens with one attached hydrogen (secondary N) is 1. The highest BCUT2D eigenvalue weighted by Gasteiger charge is 2.15. The van der Waals surface area contributed by atoms with Crippen molar-refractivity contribution >= 4 is 33.9 Å². The zero-order valence-corrected chi connectivity index (χ0v) is 25.2. The Morgan fingerprint density at radius 2 is 1.48 bits per heavy atom. The highest BCUT2D eigenvalue weighted by molar-refractivity contribution is 7.86. The van der Waals surface area contributed by atoms with Crippen molar-refractivity contribution in [2.45, 2.75) is 32.8 Å². The number of benzene rings is 2. The van der Waals surface area contributed by atoms with Gasteiger partial charge in [0.2, 0.25) is 0 Å². The molecule has 0 heterocycles. The molecule has 0 aliphatic rings. The molecule has 0 atom stereocenters. The summed E-state index contributed by atoms with van der Waals surface area (Å²) in [4.78, 5) is 14.4. The molecule has 0 spiro atoms. The van der Waals surface area contributed by atoms with Gasteiger partial charge in [-0.2, -0.15) is 8.42 Å². The molecule has 0 amide bonds. The minimum atomic E-state index is -3.65. The summed E-state index contributed by atoms with van der Waals surface area (Å²) in [5, 5.41) is 6.34. The van der Waals surface area contributed by atoms with E-state index >= 15 is 0 Å². The molecule has 0 aromatic heterocycles. The lowest BCUT2D eigenvalue weighted by molar-refractivity contribution is -0.152. The predicted molar refractivity (Wildman–Crippen MR) is 162 cm³/mol. The molecule has 42 heavy (non-hydrogen) atoms. The summed E-state index contributed by atoms with van der Waals surface area (Å²) >= 11 is 0. The molecular formula is C29H40N4O8S. The number of hydrogen-bond donors (Lipinski definition) is 1. The van der Waals surface area contributed by atoms with Gasteiger partial charge in [-0.25, -0.2) is 0 Å². The van der Waals surface area contributed by atoms with E-state index in [1.165, 1.54) is 0 Å². The van der Waals surface area contributed by atoms with Crippen molar-refractivity contribution in [2.24, 2.45) is 5.11 Å². The molecule has 0 saturated heterocycles. The normalized spacial score (nSPS) is 11.7. The number of anilines is 1. The van der Waals surface area contributed by atoms with Gasteiger partial charge in [0.15, 0.2) is 0 Å². The molecule has 0 radical (unpaired) electrons. The molecule has 0 aliphatic carbocycles. The van der Waals surface area contributed by atoms with Gasteiger partial charge in [-0.1, -0.05) is 41.5 Å². The highest BCUT2D eigenvalue weighted by atomic mass is 32.2. The Labute approximate surface area is 247 Å². The van der Waals surface area contributed by atoms with Crippen LogP contribution >= 0.6 is 0 Å². The van der Waals surface area contributed by atoms with Gasteiger partial charge < -0.3 is 24.3 Å². The maximum atomic E-state index is 11.8. The van der Waals surface area contributed by atoms with Crippen LogP contribution in [-0.2, 0) is 33.3 Å². The average molecular weight is 605 g/mol. The highest BCUT2D eigenvalue weighted by Crippen LogP contribution is 2.16.